The Bertz CT molecular complexity index is 477. The number of benzene rings is 1. The molecule has 1 aromatic heterocycles. The number of aromatic nitrogens is 1. The lowest BCUT2D eigenvalue weighted by molar-refractivity contribution is 1.27. The van der Waals surface area contributed by atoms with Gasteiger partial charge in [-0.05, 0) is 30.7 Å². The number of pyridine rings is 1. The van der Waals surface area contributed by atoms with Crippen LogP contribution in [0.5, 0.6) is 0 Å². The Morgan fingerprint density at radius 1 is 1.20 bits per heavy atom. The zero-order valence-corrected chi connectivity index (χ0v) is 9.12. The minimum absolute atomic E-state index is 0.692. The smallest absolute Gasteiger partial charge is 0.0931 e. The average molecular weight is 219 g/mol. The molecule has 0 spiro atoms. The van der Waals surface area contributed by atoms with Crippen LogP contribution in [0.2, 0.25) is 5.02 Å². The fourth-order valence-electron chi connectivity index (χ4n) is 1.44. The van der Waals surface area contributed by atoms with E-state index in [9.17, 15) is 0 Å². The molecule has 2 aromatic rings. The van der Waals surface area contributed by atoms with Crippen LogP contribution in [0.15, 0.2) is 36.5 Å². The summed E-state index contributed by atoms with van der Waals surface area (Å²) in [5.41, 5.74) is 9.43. The van der Waals surface area contributed by atoms with E-state index >= 15 is 0 Å². The van der Waals surface area contributed by atoms with Gasteiger partial charge in [-0.2, -0.15) is 0 Å². The molecule has 0 unspecified atom stereocenters. The number of anilines is 1. The molecule has 1 heterocycles. The number of rotatable bonds is 1. The first-order valence-electron chi connectivity index (χ1n) is 4.65. The molecule has 0 saturated heterocycles. The van der Waals surface area contributed by atoms with Crippen molar-refractivity contribution >= 4 is 17.3 Å². The molecule has 0 radical (unpaired) electrons. The highest BCUT2D eigenvalue weighted by Gasteiger charge is 2.03. The summed E-state index contributed by atoms with van der Waals surface area (Å²) in [6, 6.07) is 9.40. The first-order valence-corrected chi connectivity index (χ1v) is 5.02. The molecule has 2 nitrogen and oxygen atoms in total. The Morgan fingerprint density at radius 3 is 2.47 bits per heavy atom. The molecule has 2 rings (SSSR count). The molecule has 0 fully saturated rings. The minimum atomic E-state index is 0.692. The van der Waals surface area contributed by atoms with E-state index in [1.165, 1.54) is 0 Å². The van der Waals surface area contributed by atoms with Gasteiger partial charge in [-0.1, -0.05) is 23.7 Å². The van der Waals surface area contributed by atoms with Crippen molar-refractivity contribution in [3.8, 4) is 11.3 Å². The van der Waals surface area contributed by atoms with Gasteiger partial charge in [0.15, 0.2) is 0 Å². The Kier molecular flexibility index (Phi) is 2.60. The number of nitrogen functional groups attached to an aromatic ring is 1. The number of nitrogens with zero attached hydrogens (tertiary/aromatic N) is 1. The van der Waals surface area contributed by atoms with Crippen molar-refractivity contribution in [2.75, 3.05) is 5.73 Å². The fraction of sp³-hybridized carbons (Fsp3) is 0.0833. The first kappa shape index (κ1) is 9.99. The van der Waals surface area contributed by atoms with Gasteiger partial charge in [-0.3, -0.25) is 4.98 Å². The van der Waals surface area contributed by atoms with Crippen molar-refractivity contribution in [1.82, 2.24) is 4.98 Å². The topological polar surface area (TPSA) is 38.9 Å². The molecule has 0 amide bonds. The Labute approximate surface area is 93.7 Å². The fourth-order valence-corrected chi connectivity index (χ4v) is 1.57. The summed E-state index contributed by atoms with van der Waals surface area (Å²) in [7, 11) is 0. The molecule has 76 valence electrons. The summed E-state index contributed by atoms with van der Waals surface area (Å²) >= 11 is 5.81. The maximum Gasteiger partial charge on any atom is 0.0931 e. The molecule has 2 N–H and O–H groups in total. The molecular formula is C12H11ClN2. The minimum Gasteiger partial charge on any atom is -0.397 e. The van der Waals surface area contributed by atoms with Crippen LogP contribution in [0.3, 0.4) is 0 Å². The summed E-state index contributed by atoms with van der Waals surface area (Å²) in [5.74, 6) is 0. The third-order valence-corrected chi connectivity index (χ3v) is 2.42. The van der Waals surface area contributed by atoms with Crippen molar-refractivity contribution in [3.05, 3.63) is 47.1 Å². The van der Waals surface area contributed by atoms with E-state index in [-0.39, 0.29) is 0 Å². The quantitative estimate of drug-likeness (QED) is 0.798. The first-order chi connectivity index (χ1) is 7.16. The number of hydrogen-bond acceptors (Lipinski definition) is 2. The van der Waals surface area contributed by atoms with Crippen molar-refractivity contribution in [2.24, 2.45) is 0 Å². The van der Waals surface area contributed by atoms with E-state index < -0.39 is 0 Å². The van der Waals surface area contributed by atoms with Gasteiger partial charge in [0, 0.05) is 16.8 Å². The van der Waals surface area contributed by atoms with E-state index in [2.05, 4.69) is 4.98 Å². The van der Waals surface area contributed by atoms with E-state index in [1.54, 1.807) is 6.20 Å². The second kappa shape index (κ2) is 3.91. The van der Waals surface area contributed by atoms with Crippen LogP contribution in [0.25, 0.3) is 11.3 Å². The highest BCUT2D eigenvalue weighted by atomic mass is 35.5. The Morgan fingerprint density at radius 2 is 1.87 bits per heavy atom. The molecule has 0 aliphatic heterocycles. The largest absolute Gasteiger partial charge is 0.397 e. The SMILES string of the molecule is Cc1cnc(-c2ccc(Cl)cc2)c(N)c1. The van der Waals surface area contributed by atoms with Gasteiger partial charge in [-0.15, -0.1) is 0 Å². The number of nitrogens with two attached hydrogens (primary N) is 1. The molecule has 0 bridgehead atoms. The van der Waals surface area contributed by atoms with Gasteiger partial charge < -0.3 is 5.73 Å². The van der Waals surface area contributed by atoms with Crippen LogP contribution >= 0.6 is 11.6 Å². The zero-order valence-electron chi connectivity index (χ0n) is 8.37. The Hall–Kier alpha value is -1.54. The van der Waals surface area contributed by atoms with E-state index in [0.29, 0.717) is 10.7 Å². The van der Waals surface area contributed by atoms with Crippen molar-refractivity contribution < 1.29 is 0 Å². The lowest BCUT2D eigenvalue weighted by Gasteiger charge is -2.05. The van der Waals surface area contributed by atoms with E-state index in [1.807, 2.05) is 37.3 Å². The van der Waals surface area contributed by atoms with Crippen LogP contribution in [0.4, 0.5) is 5.69 Å². The van der Waals surface area contributed by atoms with Gasteiger partial charge in [0.05, 0.1) is 11.4 Å². The van der Waals surface area contributed by atoms with Gasteiger partial charge in [-0.25, -0.2) is 0 Å². The van der Waals surface area contributed by atoms with Gasteiger partial charge >= 0.3 is 0 Å². The van der Waals surface area contributed by atoms with Crippen molar-refractivity contribution in [1.29, 1.82) is 0 Å². The third kappa shape index (κ3) is 2.10. The molecule has 1 aromatic carbocycles. The second-order valence-electron chi connectivity index (χ2n) is 3.46. The predicted octanol–water partition coefficient (Wildman–Crippen LogP) is 3.29. The number of halogens is 1. The van der Waals surface area contributed by atoms with Crippen LogP contribution in [-0.2, 0) is 0 Å². The van der Waals surface area contributed by atoms with E-state index in [0.717, 1.165) is 16.8 Å². The molecule has 0 atom stereocenters. The molecule has 3 heteroatoms. The lowest BCUT2D eigenvalue weighted by atomic mass is 10.1. The second-order valence-corrected chi connectivity index (χ2v) is 3.89. The number of hydrogen-bond donors (Lipinski definition) is 1. The van der Waals surface area contributed by atoms with E-state index in [4.69, 9.17) is 17.3 Å². The standard InChI is InChI=1S/C12H11ClN2/c1-8-6-11(14)12(15-7-8)9-2-4-10(13)5-3-9/h2-7H,14H2,1H3. The molecular weight excluding hydrogens is 208 g/mol. The number of aryl methyl sites for hydroxylation is 1. The molecule has 0 aliphatic carbocycles. The summed E-state index contributed by atoms with van der Waals surface area (Å²) in [5, 5.41) is 0.712. The predicted molar refractivity (Wildman–Crippen MR) is 63.8 cm³/mol. The van der Waals surface area contributed by atoms with Gasteiger partial charge in [0.1, 0.15) is 0 Å². The van der Waals surface area contributed by atoms with Gasteiger partial charge in [0.25, 0.3) is 0 Å². The molecule has 0 saturated carbocycles. The highest BCUT2D eigenvalue weighted by Crippen LogP contribution is 2.25. The van der Waals surface area contributed by atoms with Gasteiger partial charge in [0.2, 0.25) is 0 Å². The Balaban J connectivity index is 2.49. The van der Waals surface area contributed by atoms with Crippen molar-refractivity contribution in [3.63, 3.8) is 0 Å². The van der Waals surface area contributed by atoms with Crippen LogP contribution in [0.1, 0.15) is 5.56 Å². The summed E-state index contributed by atoms with van der Waals surface area (Å²) in [6.45, 7) is 1.97. The maximum atomic E-state index is 5.90. The average Bonchev–Trinajstić information content (AvgIpc) is 2.20. The monoisotopic (exact) mass is 218 g/mol. The normalized spacial score (nSPS) is 10.3. The molecule has 15 heavy (non-hydrogen) atoms. The summed E-state index contributed by atoms with van der Waals surface area (Å²) in [6.07, 6.45) is 1.81. The maximum absolute atomic E-state index is 5.90. The van der Waals surface area contributed by atoms with Crippen molar-refractivity contribution in [2.45, 2.75) is 6.92 Å². The highest BCUT2D eigenvalue weighted by molar-refractivity contribution is 6.30. The van der Waals surface area contributed by atoms with Crippen LogP contribution in [0, 0.1) is 6.92 Å². The van der Waals surface area contributed by atoms with Crippen LogP contribution < -0.4 is 5.73 Å². The lowest BCUT2D eigenvalue weighted by Crippen LogP contribution is -1.94. The summed E-state index contributed by atoms with van der Waals surface area (Å²) < 4.78 is 0. The van der Waals surface area contributed by atoms with Crippen LogP contribution in [-0.4, -0.2) is 4.98 Å². The summed E-state index contributed by atoms with van der Waals surface area (Å²) in [4.78, 5) is 4.31. The zero-order chi connectivity index (χ0) is 10.8. The third-order valence-electron chi connectivity index (χ3n) is 2.17. The molecule has 0 aliphatic rings.